The van der Waals surface area contributed by atoms with Gasteiger partial charge < -0.3 is 14.2 Å². The fourth-order valence-corrected chi connectivity index (χ4v) is 3.57. The summed E-state index contributed by atoms with van der Waals surface area (Å²) in [6, 6.07) is 17.1. The second kappa shape index (κ2) is 7.65. The summed E-state index contributed by atoms with van der Waals surface area (Å²) in [5.74, 6) is 0.948. The first kappa shape index (κ1) is 17.3. The highest BCUT2D eigenvalue weighted by molar-refractivity contribution is 5.40. The molecule has 2 fully saturated rings. The van der Waals surface area contributed by atoms with Gasteiger partial charge in [0, 0.05) is 11.0 Å². The zero-order valence-corrected chi connectivity index (χ0v) is 15.3. The zero-order chi connectivity index (χ0) is 17.8. The first-order valence-corrected chi connectivity index (χ1v) is 9.52. The quantitative estimate of drug-likeness (QED) is 0.661. The molecule has 1 heterocycles. The Kier molecular flexibility index (Phi) is 5.09. The lowest BCUT2D eigenvalue weighted by molar-refractivity contribution is -0.0441. The molecule has 3 heteroatoms. The smallest absolute Gasteiger partial charge is 0.184 e. The fraction of sp³-hybridized carbons (Fsp3) is 0.391. The van der Waals surface area contributed by atoms with Crippen molar-refractivity contribution in [1.29, 1.82) is 0 Å². The summed E-state index contributed by atoms with van der Waals surface area (Å²) in [6.07, 6.45) is 7.87. The number of hydrogen-bond donors (Lipinski definition) is 0. The van der Waals surface area contributed by atoms with Gasteiger partial charge in [-0.25, -0.2) is 0 Å². The van der Waals surface area contributed by atoms with Crippen molar-refractivity contribution >= 4 is 0 Å². The zero-order valence-electron chi connectivity index (χ0n) is 15.3. The highest BCUT2D eigenvalue weighted by Gasteiger charge is 2.41. The summed E-state index contributed by atoms with van der Waals surface area (Å²) in [5, 5.41) is 0. The third-order valence-electron chi connectivity index (χ3n) is 5.16. The third kappa shape index (κ3) is 3.84. The molecule has 2 aromatic rings. The molecule has 0 N–H and O–H groups in total. The molecular formula is C23H26O3. The predicted molar refractivity (Wildman–Crippen MR) is 102 cm³/mol. The Labute approximate surface area is 155 Å². The summed E-state index contributed by atoms with van der Waals surface area (Å²) in [7, 11) is 0. The van der Waals surface area contributed by atoms with Crippen molar-refractivity contribution in [2.45, 2.75) is 37.9 Å². The average Bonchev–Trinajstić information content (AvgIpc) is 3.25. The molecule has 0 spiro atoms. The summed E-state index contributed by atoms with van der Waals surface area (Å²) in [6.45, 7) is 4.08. The van der Waals surface area contributed by atoms with Crippen LogP contribution in [0.4, 0.5) is 0 Å². The van der Waals surface area contributed by atoms with Crippen LogP contribution in [0.1, 0.15) is 42.7 Å². The minimum absolute atomic E-state index is 0.197. The number of allylic oxidation sites excluding steroid dienone is 2. The lowest BCUT2D eigenvalue weighted by atomic mass is 9.94. The minimum Gasteiger partial charge on any atom is -0.494 e. The lowest BCUT2D eigenvalue weighted by Gasteiger charge is -2.12. The van der Waals surface area contributed by atoms with Crippen molar-refractivity contribution in [2.75, 3.05) is 19.8 Å². The van der Waals surface area contributed by atoms with Gasteiger partial charge in [-0.1, -0.05) is 48.6 Å². The SMILES string of the molecule is CCOc1ccc(C2(/C=C/Cc3cccc(C4OCCO4)c3)CC2)cc1. The van der Waals surface area contributed by atoms with Gasteiger partial charge in [-0.05, 0) is 49.4 Å². The molecular weight excluding hydrogens is 324 g/mol. The Balaban J connectivity index is 1.41. The van der Waals surface area contributed by atoms with Crippen molar-refractivity contribution in [1.82, 2.24) is 0 Å². The van der Waals surface area contributed by atoms with Gasteiger partial charge >= 0.3 is 0 Å². The second-order valence-corrected chi connectivity index (χ2v) is 7.04. The summed E-state index contributed by atoms with van der Waals surface area (Å²) in [5.41, 5.74) is 4.01. The van der Waals surface area contributed by atoms with Crippen molar-refractivity contribution in [3.8, 4) is 5.75 Å². The Morgan fingerprint density at radius 2 is 1.85 bits per heavy atom. The topological polar surface area (TPSA) is 27.7 Å². The second-order valence-electron chi connectivity index (χ2n) is 7.04. The monoisotopic (exact) mass is 350 g/mol. The molecule has 1 saturated heterocycles. The minimum atomic E-state index is -0.197. The Hall–Kier alpha value is -2.10. The van der Waals surface area contributed by atoms with Crippen LogP contribution in [0.3, 0.4) is 0 Å². The van der Waals surface area contributed by atoms with Gasteiger partial charge in [0.2, 0.25) is 0 Å². The van der Waals surface area contributed by atoms with Crippen LogP contribution in [0.25, 0.3) is 0 Å². The highest BCUT2D eigenvalue weighted by atomic mass is 16.7. The summed E-state index contributed by atoms with van der Waals surface area (Å²) < 4.78 is 16.7. The maximum atomic E-state index is 5.60. The Bertz CT molecular complexity index is 753. The maximum absolute atomic E-state index is 5.60. The molecule has 2 aliphatic rings. The van der Waals surface area contributed by atoms with Gasteiger partial charge in [0.05, 0.1) is 19.8 Å². The van der Waals surface area contributed by atoms with Crippen LogP contribution in [0.2, 0.25) is 0 Å². The Morgan fingerprint density at radius 3 is 2.54 bits per heavy atom. The van der Waals surface area contributed by atoms with E-state index in [1.54, 1.807) is 0 Å². The van der Waals surface area contributed by atoms with E-state index < -0.39 is 0 Å². The third-order valence-corrected chi connectivity index (χ3v) is 5.16. The van der Waals surface area contributed by atoms with Gasteiger partial charge in [-0.15, -0.1) is 0 Å². The molecule has 3 nitrogen and oxygen atoms in total. The molecule has 136 valence electrons. The van der Waals surface area contributed by atoms with E-state index in [0.717, 1.165) is 17.7 Å². The van der Waals surface area contributed by atoms with Gasteiger partial charge in [0.1, 0.15) is 5.75 Å². The lowest BCUT2D eigenvalue weighted by Crippen LogP contribution is -2.02. The molecule has 0 amide bonds. The molecule has 1 aliphatic heterocycles. The fourth-order valence-electron chi connectivity index (χ4n) is 3.57. The van der Waals surface area contributed by atoms with Crippen molar-refractivity contribution in [3.05, 3.63) is 77.4 Å². The number of rotatable bonds is 7. The standard InChI is InChI=1S/C23H26O3/c1-2-24-21-10-8-20(9-11-21)23(13-14-23)12-4-6-18-5-3-7-19(17-18)22-25-15-16-26-22/h3-5,7-12,17,22H,2,6,13-16H2,1H3/b12-4+. The molecule has 1 aliphatic carbocycles. The van der Waals surface area contributed by atoms with Gasteiger partial charge in [-0.3, -0.25) is 0 Å². The molecule has 0 unspecified atom stereocenters. The van der Waals surface area contributed by atoms with E-state index in [-0.39, 0.29) is 11.7 Å². The van der Waals surface area contributed by atoms with E-state index in [9.17, 15) is 0 Å². The maximum Gasteiger partial charge on any atom is 0.184 e. The first-order chi connectivity index (χ1) is 12.8. The van der Waals surface area contributed by atoms with Gasteiger partial charge in [-0.2, -0.15) is 0 Å². The van der Waals surface area contributed by atoms with E-state index in [1.165, 1.54) is 24.0 Å². The van der Waals surface area contributed by atoms with E-state index in [2.05, 4.69) is 60.7 Å². The van der Waals surface area contributed by atoms with Crippen LogP contribution in [0.5, 0.6) is 5.75 Å². The van der Waals surface area contributed by atoms with Gasteiger partial charge in [0.15, 0.2) is 6.29 Å². The van der Waals surface area contributed by atoms with E-state index in [4.69, 9.17) is 14.2 Å². The van der Waals surface area contributed by atoms with Crippen LogP contribution in [-0.4, -0.2) is 19.8 Å². The molecule has 0 atom stereocenters. The molecule has 0 radical (unpaired) electrons. The van der Waals surface area contributed by atoms with Crippen molar-refractivity contribution in [2.24, 2.45) is 0 Å². The van der Waals surface area contributed by atoms with Crippen LogP contribution in [0, 0.1) is 0 Å². The van der Waals surface area contributed by atoms with E-state index >= 15 is 0 Å². The molecule has 2 aromatic carbocycles. The molecule has 0 bridgehead atoms. The largest absolute Gasteiger partial charge is 0.494 e. The predicted octanol–water partition coefficient (Wildman–Crippen LogP) is 4.96. The molecule has 1 saturated carbocycles. The first-order valence-electron chi connectivity index (χ1n) is 9.52. The normalized spacial score (nSPS) is 19.1. The number of hydrogen-bond acceptors (Lipinski definition) is 3. The highest BCUT2D eigenvalue weighted by Crippen LogP contribution is 2.49. The van der Waals surface area contributed by atoms with Crippen LogP contribution < -0.4 is 4.74 Å². The molecule has 4 rings (SSSR count). The summed E-state index contributed by atoms with van der Waals surface area (Å²) in [4.78, 5) is 0. The van der Waals surface area contributed by atoms with Crippen molar-refractivity contribution < 1.29 is 14.2 Å². The van der Waals surface area contributed by atoms with E-state index in [0.29, 0.717) is 19.8 Å². The van der Waals surface area contributed by atoms with Crippen LogP contribution >= 0.6 is 0 Å². The molecule has 0 aromatic heterocycles. The molecule has 26 heavy (non-hydrogen) atoms. The van der Waals surface area contributed by atoms with E-state index in [1.807, 2.05) is 6.92 Å². The van der Waals surface area contributed by atoms with Crippen LogP contribution in [-0.2, 0) is 21.3 Å². The van der Waals surface area contributed by atoms with Gasteiger partial charge in [0.25, 0.3) is 0 Å². The summed E-state index contributed by atoms with van der Waals surface area (Å²) >= 11 is 0. The van der Waals surface area contributed by atoms with Crippen molar-refractivity contribution in [3.63, 3.8) is 0 Å². The van der Waals surface area contributed by atoms with Crippen LogP contribution in [0.15, 0.2) is 60.7 Å². The number of ether oxygens (including phenoxy) is 3. The number of benzene rings is 2. The Morgan fingerprint density at radius 1 is 1.08 bits per heavy atom. The average molecular weight is 350 g/mol.